The first-order chi connectivity index (χ1) is 4.66. The standard InChI is InChI=1S/C7H16N2O/c1-6(2)4-7(8)5-9-10-3/h5-7H,4,8H2,1-3H3. The summed E-state index contributed by atoms with van der Waals surface area (Å²) in [7, 11) is 1.51. The van der Waals surface area contributed by atoms with Crippen molar-refractivity contribution in [2.75, 3.05) is 7.11 Å². The van der Waals surface area contributed by atoms with Gasteiger partial charge in [-0.15, -0.1) is 0 Å². The minimum Gasteiger partial charge on any atom is -0.399 e. The highest BCUT2D eigenvalue weighted by Crippen LogP contribution is 2.00. The molecule has 3 nitrogen and oxygen atoms in total. The quantitative estimate of drug-likeness (QED) is 0.472. The minimum atomic E-state index is 0.0277. The van der Waals surface area contributed by atoms with Gasteiger partial charge in [-0.3, -0.25) is 0 Å². The van der Waals surface area contributed by atoms with Crippen LogP contribution in [0.25, 0.3) is 0 Å². The first-order valence-electron chi connectivity index (χ1n) is 3.49. The Bertz CT molecular complexity index is 102. The molecule has 0 saturated heterocycles. The van der Waals surface area contributed by atoms with Gasteiger partial charge in [0.2, 0.25) is 0 Å². The average Bonchev–Trinajstić information content (AvgIpc) is 1.82. The van der Waals surface area contributed by atoms with E-state index in [1.165, 1.54) is 7.11 Å². The molecule has 0 radical (unpaired) electrons. The van der Waals surface area contributed by atoms with Crippen LogP contribution in [0.4, 0.5) is 0 Å². The maximum absolute atomic E-state index is 5.63. The molecule has 0 aromatic heterocycles. The van der Waals surface area contributed by atoms with Crippen molar-refractivity contribution in [3.8, 4) is 0 Å². The normalized spacial score (nSPS) is 14.5. The van der Waals surface area contributed by atoms with Gasteiger partial charge in [-0.1, -0.05) is 19.0 Å². The van der Waals surface area contributed by atoms with Crippen LogP contribution in [0, 0.1) is 5.92 Å². The van der Waals surface area contributed by atoms with Crippen LogP contribution in [-0.4, -0.2) is 19.4 Å². The molecule has 60 valence electrons. The molecule has 1 atom stereocenters. The van der Waals surface area contributed by atoms with Crippen LogP contribution in [-0.2, 0) is 4.84 Å². The van der Waals surface area contributed by atoms with E-state index >= 15 is 0 Å². The molecule has 2 N–H and O–H groups in total. The smallest absolute Gasteiger partial charge is 0.106 e. The minimum absolute atomic E-state index is 0.0277. The van der Waals surface area contributed by atoms with E-state index in [4.69, 9.17) is 5.73 Å². The fraction of sp³-hybridized carbons (Fsp3) is 0.857. The molecule has 0 aliphatic carbocycles. The lowest BCUT2D eigenvalue weighted by Crippen LogP contribution is -2.23. The summed E-state index contributed by atoms with van der Waals surface area (Å²) in [6.45, 7) is 4.25. The number of hydrogen-bond donors (Lipinski definition) is 1. The second-order valence-corrected chi connectivity index (χ2v) is 2.73. The monoisotopic (exact) mass is 144 g/mol. The van der Waals surface area contributed by atoms with Crippen LogP contribution in [0.3, 0.4) is 0 Å². The van der Waals surface area contributed by atoms with Crippen molar-refractivity contribution in [1.29, 1.82) is 0 Å². The van der Waals surface area contributed by atoms with Gasteiger partial charge in [0, 0.05) is 6.04 Å². The molecule has 0 fully saturated rings. The molecular weight excluding hydrogens is 128 g/mol. The van der Waals surface area contributed by atoms with Gasteiger partial charge < -0.3 is 10.6 Å². The Hall–Kier alpha value is -0.570. The summed E-state index contributed by atoms with van der Waals surface area (Å²) in [5.74, 6) is 0.610. The molecular formula is C7H16N2O. The lowest BCUT2D eigenvalue weighted by Gasteiger charge is -2.07. The maximum atomic E-state index is 5.63. The summed E-state index contributed by atoms with van der Waals surface area (Å²) >= 11 is 0. The zero-order valence-electron chi connectivity index (χ0n) is 6.87. The summed E-state index contributed by atoms with van der Waals surface area (Å²) in [6.07, 6.45) is 2.58. The molecule has 0 bridgehead atoms. The number of hydrogen-bond acceptors (Lipinski definition) is 3. The fourth-order valence-corrected chi connectivity index (χ4v) is 0.744. The SMILES string of the molecule is CON=CC(N)CC(C)C. The highest BCUT2D eigenvalue weighted by atomic mass is 16.6. The van der Waals surface area contributed by atoms with E-state index in [0.717, 1.165) is 6.42 Å². The Morgan fingerprint density at radius 3 is 2.60 bits per heavy atom. The number of nitrogens with zero attached hydrogens (tertiary/aromatic N) is 1. The highest BCUT2D eigenvalue weighted by molar-refractivity contribution is 5.63. The van der Waals surface area contributed by atoms with Gasteiger partial charge in [0.25, 0.3) is 0 Å². The summed E-state index contributed by atoms with van der Waals surface area (Å²) < 4.78 is 0. The van der Waals surface area contributed by atoms with Gasteiger partial charge in [0.1, 0.15) is 7.11 Å². The molecule has 1 unspecified atom stereocenters. The number of nitrogens with two attached hydrogens (primary N) is 1. The van der Waals surface area contributed by atoms with Crippen LogP contribution >= 0.6 is 0 Å². The van der Waals surface area contributed by atoms with Crippen LogP contribution < -0.4 is 5.73 Å². The van der Waals surface area contributed by atoms with Gasteiger partial charge in [-0.05, 0) is 12.3 Å². The van der Waals surface area contributed by atoms with Crippen molar-refractivity contribution in [3.05, 3.63) is 0 Å². The third-order valence-corrected chi connectivity index (χ3v) is 1.10. The molecule has 3 heteroatoms. The molecule has 0 aromatic carbocycles. The molecule has 0 saturated carbocycles. The van der Waals surface area contributed by atoms with Crippen molar-refractivity contribution in [2.45, 2.75) is 26.3 Å². The molecule has 0 heterocycles. The van der Waals surface area contributed by atoms with Crippen LogP contribution in [0.15, 0.2) is 5.16 Å². The average molecular weight is 144 g/mol. The Labute approximate surface area is 62.2 Å². The zero-order chi connectivity index (χ0) is 7.98. The zero-order valence-corrected chi connectivity index (χ0v) is 6.87. The lowest BCUT2D eigenvalue weighted by atomic mass is 10.1. The summed E-state index contributed by atoms with van der Waals surface area (Å²) in [5, 5.41) is 3.57. The third-order valence-electron chi connectivity index (χ3n) is 1.10. The molecule has 0 aliphatic heterocycles. The first-order valence-corrected chi connectivity index (χ1v) is 3.49. The van der Waals surface area contributed by atoms with E-state index in [0.29, 0.717) is 5.92 Å². The van der Waals surface area contributed by atoms with E-state index in [1.54, 1.807) is 6.21 Å². The van der Waals surface area contributed by atoms with E-state index in [9.17, 15) is 0 Å². The second kappa shape index (κ2) is 5.23. The van der Waals surface area contributed by atoms with Crippen LogP contribution in [0.2, 0.25) is 0 Å². The third kappa shape index (κ3) is 5.56. The molecule has 0 spiro atoms. The fourth-order valence-electron chi connectivity index (χ4n) is 0.744. The van der Waals surface area contributed by atoms with E-state index < -0.39 is 0 Å². The van der Waals surface area contributed by atoms with Crippen molar-refractivity contribution >= 4 is 6.21 Å². The van der Waals surface area contributed by atoms with Gasteiger partial charge in [0.15, 0.2) is 0 Å². The maximum Gasteiger partial charge on any atom is 0.106 e. The Balaban J connectivity index is 3.42. The van der Waals surface area contributed by atoms with E-state index in [-0.39, 0.29) is 6.04 Å². The van der Waals surface area contributed by atoms with Crippen LogP contribution in [0.1, 0.15) is 20.3 Å². The van der Waals surface area contributed by atoms with Crippen molar-refractivity contribution in [1.82, 2.24) is 0 Å². The lowest BCUT2D eigenvalue weighted by molar-refractivity contribution is 0.214. The van der Waals surface area contributed by atoms with E-state index in [1.807, 2.05) is 0 Å². The largest absolute Gasteiger partial charge is 0.399 e. The van der Waals surface area contributed by atoms with Crippen molar-refractivity contribution in [2.24, 2.45) is 16.8 Å². The van der Waals surface area contributed by atoms with Gasteiger partial charge in [0.05, 0.1) is 6.21 Å². The predicted molar refractivity (Wildman–Crippen MR) is 42.9 cm³/mol. The van der Waals surface area contributed by atoms with E-state index in [2.05, 4.69) is 23.8 Å². The summed E-state index contributed by atoms with van der Waals surface area (Å²) in [4.78, 5) is 4.48. The van der Waals surface area contributed by atoms with Gasteiger partial charge >= 0.3 is 0 Å². The Kier molecular flexibility index (Phi) is 4.94. The van der Waals surface area contributed by atoms with Crippen molar-refractivity contribution < 1.29 is 4.84 Å². The molecule has 0 aliphatic rings. The molecule has 0 rings (SSSR count). The first kappa shape index (κ1) is 9.43. The van der Waals surface area contributed by atoms with Crippen LogP contribution in [0.5, 0.6) is 0 Å². The molecule has 10 heavy (non-hydrogen) atoms. The molecule has 0 aromatic rings. The van der Waals surface area contributed by atoms with Crippen molar-refractivity contribution in [3.63, 3.8) is 0 Å². The number of oxime groups is 1. The van der Waals surface area contributed by atoms with Gasteiger partial charge in [-0.25, -0.2) is 0 Å². The Morgan fingerprint density at radius 2 is 2.20 bits per heavy atom. The summed E-state index contributed by atoms with van der Waals surface area (Å²) in [6, 6.07) is 0.0277. The Morgan fingerprint density at radius 1 is 1.60 bits per heavy atom. The summed E-state index contributed by atoms with van der Waals surface area (Å²) in [5.41, 5.74) is 5.63. The predicted octanol–water partition coefficient (Wildman–Crippen LogP) is 0.992. The topological polar surface area (TPSA) is 47.6 Å². The number of rotatable bonds is 4. The highest BCUT2D eigenvalue weighted by Gasteiger charge is 2.00. The van der Waals surface area contributed by atoms with Gasteiger partial charge in [-0.2, -0.15) is 0 Å². The molecule has 0 amide bonds. The second-order valence-electron chi connectivity index (χ2n) is 2.73.